The Labute approximate surface area is 146 Å². The van der Waals surface area contributed by atoms with E-state index in [4.69, 9.17) is 0 Å². The lowest BCUT2D eigenvalue weighted by Crippen LogP contribution is -2.07. The highest BCUT2D eigenvalue weighted by Gasteiger charge is 2.10. The first-order chi connectivity index (χ1) is 12.6. The van der Waals surface area contributed by atoms with Crippen LogP contribution in [0.3, 0.4) is 0 Å². The van der Waals surface area contributed by atoms with Gasteiger partial charge in [0.15, 0.2) is 0 Å². The Morgan fingerprint density at radius 3 is 2.50 bits per heavy atom. The highest BCUT2D eigenvalue weighted by atomic mass is 16.4. The highest BCUT2D eigenvalue weighted by Crippen LogP contribution is 2.25. The molecule has 2 N–H and O–H groups in total. The molecule has 0 unspecified atom stereocenters. The van der Waals surface area contributed by atoms with E-state index in [1.165, 1.54) is 12.4 Å². The Bertz CT molecular complexity index is 1250. The molecule has 0 aliphatic rings. The van der Waals surface area contributed by atoms with Crippen molar-refractivity contribution in [3.63, 3.8) is 0 Å². The van der Waals surface area contributed by atoms with Crippen LogP contribution in [0, 0.1) is 0 Å². The minimum absolute atomic E-state index is 0.181. The number of carboxylic acid groups (broad SMARTS) is 2. The molecule has 0 radical (unpaired) electrons. The van der Waals surface area contributed by atoms with Gasteiger partial charge in [-0.25, -0.2) is 9.59 Å². The summed E-state index contributed by atoms with van der Waals surface area (Å²) in [6.45, 7) is 0. The monoisotopic (exact) mass is 347 g/mol. The highest BCUT2D eigenvalue weighted by molar-refractivity contribution is 6.02. The SMILES string of the molecule is O=C(O)c1ccc2cc3c4cnccc4n(C(=O)O)ccccn3c2c1. The summed E-state index contributed by atoms with van der Waals surface area (Å²) in [5.74, 6) is -1.01. The number of fused-ring (bicyclic) bond motifs is 5. The van der Waals surface area contributed by atoms with E-state index in [1.807, 2.05) is 10.5 Å². The average Bonchev–Trinajstić information content (AvgIpc) is 3.01. The molecule has 128 valence electrons. The maximum absolute atomic E-state index is 11.7. The van der Waals surface area contributed by atoms with E-state index in [0.29, 0.717) is 16.4 Å². The van der Waals surface area contributed by atoms with Gasteiger partial charge < -0.3 is 14.6 Å². The summed E-state index contributed by atoms with van der Waals surface area (Å²) in [7, 11) is 0. The fourth-order valence-electron chi connectivity index (χ4n) is 3.04. The predicted octanol–water partition coefficient (Wildman–Crippen LogP) is 3.79. The molecule has 0 saturated heterocycles. The zero-order valence-corrected chi connectivity index (χ0v) is 13.4. The van der Waals surface area contributed by atoms with Crippen molar-refractivity contribution in [2.75, 3.05) is 0 Å². The van der Waals surface area contributed by atoms with Crippen LogP contribution in [0.5, 0.6) is 0 Å². The maximum Gasteiger partial charge on any atom is 0.416 e. The van der Waals surface area contributed by atoms with E-state index < -0.39 is 12.1 Å². The van der Waals surface area contributed by atoms with Crippen molar-refractivity contribution in [2.45, 2.75) is 0 Å². The van der Waals surface area contributed by atoms with Gasteiger partial charge in [0.25, 0.3) is 0 Å². The molecule has 3 heterocycles. The first kappa shape index (κ1) is 15.6. The zero-order valence-electron chi connectivity index (χ0n) is 13.4. The van der Waals surface area contributed by atoms with Crippen LogP contribution in [-0.4, -0.2) is 36.2 Å². The normalized spacial score (nSPS) is 10.9. The van der Waals surface area contributed by atoms with Gasteiger partial charge in [0.05, 0.1) is 22.1 Å². The second kappa shape index (κ2) is 5.89. The Morgan fingerprint density at radius 1 is 0.923 bits per heavy atom. The number of rotatable bonds is 1. The molecule has 4 aromatic rings. The summed E-state index contributed by atoms with van der Waals surface area (Å²) < 4.78 is 2.95. The number of carboxylic acids is 1. The Hall–Kier alpha value is -3.87. The van der Waals surface area contributed by atoms with E-state index in [2.05, 4.69) is 4.98 Å². The predicted molar refractivity (Wildman–Crippen MR) is 96.2 cm³/mol. The third kappa shape index (κ3) is 2.42. The van der Waals surface area contributed by atoms with Crippen molar-refractivity contribution in [2.24, 2.45) is 0 Å². The maximum atomic E-state index is 11.7. The van der Waals surface area contributed by atoms with Gasteiger partial charge >= 0.3 is 12.1 Å². The van der Waals surface area contributed by atoms with Crippen molar-refractivity contribution < 1.29 is 19.8 Å². The summed E-state index contributed by atoms with van der Waals surface area (Å²) >= 11 is 0. The molecule has 0 aliphatic heterocycles. The molecule has 0 atom stereocenters. The average molecular weight is 347 g/mol. The van der Waals surface area contributed by atoms with Crippen molar-refractivity contribution in [1.29, 1.82) is 0 Å². The molecule has 7 heteroatoms. The van der Waals surface area contributed by atoms with Crippen molar-refractivity contribution in [1.82, 2.24) is 14.0 Å². The van der Waals surface area contributed by atoms with Gasteiger partial charge in [-0.1, -0.05) is 6.07 Å². The first-order valence-electron chi connectivity index (χ1n) is 7.76. The standard InChI is InChI=1S/C19H13N3O4/c23-18(24)13-4-3-12-9-17-14-11-20-6-5-15(14)22(19(25)26)8-2-1-7-21(17)16(12)10-13/h1-11H,(H,23,24)(H,25,26). The van der Waals surface area contributed by atoms with Gasteiger partial charge in [-0.15, -0.1) is 0 Å². The van der Waals surface area contributed by atoms with Gasteiger partial charge in [0.1, 0.15) is 0 Å². The number of hydrogen-bond acceptors (Lipinski definition) is 3. The Kier molecular flexibility index (Phi) is 3.54. The molecule has 4 rings (SSSR count). The molecule has 3 aromatic heterocycles. The molecular weight excluding hydrogens is 334 g/mol. The van der Waals surface area contributed by atoms with Crippen LogP contribution in [-0.2, 0) is 0 Å². The second-order valence-corrected chi connectivity index (χ2v) is 5.71. The lowest BCUT2D eigenvalue weighted by molar-refractivity contribution is 0.0697. The number of carbonyl (C=O) groups is 2. The molecule has 0 saturated carbocycles. The van der Waals surface area contributed by atoms with Crippen LogP contribution < -0.4 is 0 Å². The minimum atomic E-state index is -1.11. The van der Waals surface area contributed by atoms with Crippen LogP contribution in [0.2, 0.25) is 0 Å². The quantitative estimate of drug-likeness (QED) is 0.546. The van der Waals surface area contributed by atoms with E-state index in [0.717, 1.165) is 15.5 Å². The Balaban J connectivity index is 2.27. The second-order valence-electron chi connectivity index (χ2n) is 5.71. The van der Waals surface area contributed by atoms with Crippen molar-refractivity contribution in [3.8, 4) is 0 Å². The van der Waals surface area contributed by atoms with E-state index in [-0.39, 0.29) is 5.56 Å². The fraction of sp³-hybridized carbons (Fsp3) is 0. The number of nitrogens with zero attached hydrogens (tertiary/aromatic N) is 3. The number of aromatic carboxylic acids is 1. The molecule has 0 aliphatic carbocycles. The molecule has 26 heavy (non-hydrogen) atoms. The first-order valence-corrected chi connectivity index (χ1v) is 7.76. The summed E-state index contributed by atoms with van der Waals surface area (Å²) in [6, 6.07) is 11.7. The van der Waals surface area contributed by atoms with Crippen molar-refractivity contribution in [3.05, 3.63) is 72.8 Å². The van der Waals surface area contributed by atoms with E-state index >= 15 is 0 Å². The van der Waals surface area contributed by atoms with Crippen LogP contribution in [0.25, 0.3) is 27.3 Å². The topological polar surface area (TPSA) is 96.8 Å². The number of hydrogen-bond donors (Lipinski definition) is 2. The number of pyridine rings is 1. The summed E-state index contributed by atoms with van der Waals surface area (Å²) in [5.41, 5.74) is 2.08. The van der Waals surface area contributed by atoms with Crippen molar-refractivity contribution >= 4 is 39.4 Å². The molecular formula is C19H13N3O4. The van der Waals surface area contributed by atoms with E-state index in [1.54, 1.807) is 48.8 Å². The van der Waals surface area contributed by atoms with Gasteiger partial charge in [-0.2, -0.15) is 0 Å². The van der Waals surface area contributed by atoms with Gasteiger partial charge in [0, 0.05) is 35.6 Å². The fourth-order valence-corrected chi connectivity index (χ4v) is 3.04. The summed E-state index contributed by atoms with van der Waals surface area (Å²) in [5, 5.41) is 20.3. The van der Waals surface area contributed by atoms with Gasteiger partial charge in [-0.3, -0.25) is 9.55 Å². The summed E-state index contributed by atoms with van der Waals surface area (Å²) in [4.78, 5) is 27.1. The lowest BCUT2D eigenvalue weighted by Gasteiger charge is -2.02. The molecule has 0 spiro atoms. The molecule has 0 amide bonds. The van der Waals surface area contributed by atoms with Crippen LogP contribution >= 0.6 is 0 Å². The number of aromatic nitrogens is 3. The molecule has 7 nitrogen and oxygen atoms in total. The van der Waals surface area contributed by atoms with Gasteiger partial charge in [-0.05, 0) is 36.4 Å². The molecule has 1 aromatic carbocycles. The van der Waals surface area contributed by atoms with Crippen LogP contribution in [0.1, 0.15) is 10.4 Å². The molecule has 0 fully saturated rings. The van der Waals surface area contributed by atoms with Crippen LogP contribution in [0.4, 0.5) is 4.79 Å². The largest absolute Gasteiger partial charge is 0.478 e. The van der Waals surface area contributed by atoms with E-state index in [9.17, 15) is 19.8 Å². The lowest BCUT2D eigenvalue weighted by atomic mass is 10.1. The smallest absolute Gasteiger partial charge is 0.416 e. The van der Waals surface area contributed by atoms with Crippen LogP contribution in [0.15, 0.2) is 67.3 Å². The summed E-state index contributed by atoms with van der Waals surface area (Å²) in [6.07, 6.45) is 5.24. The third-order valence-corrected chi connectivity index (χ3v) is 4.21. The zero-order chi connectivity index (χ0) is 18.3. The Morgan fingerprint density at radius 2 is 1.73 bits per heavy atom. The minimum Gasteiger partial charge on any atom is -0.478 e. The molecule has 0 bridgehead atoms. The third-order valence-electron chi connectivity index (χ3n) is 4.21. The van der Waals surface area contributed by atoms with Gasteiger partial charge in [0.2, 0.25) is 0 Å². The number of benzene rings is 1.